The highest BCUT2D eigenvalue weighted by molar-refractivity contribution is 7.80. The Morgan fingerprint density at radius 3 is 2.43 bits per heavy atom. The van der Waals surface area contributed by atoms with Crippen LogP contribution in [0.15, 0.2) is 59.7 Å². The number of anilines is 1. The van der Waals surface area contributed by atoms with E-state index < -0.39 is 0 Å². The molecular weight excluding hydrogens is 304 g/mol. The van der Waals surface area contributed by atoms with Gasteiger partial charge in [-0.2, -0.15) is 5.10 Å². The van der Waals surface area contributed by atoms with Crippen molar-refractivity contribution in [1.29, 1.82) is 0 Å². The lowest BCUT2D eigenvalue weighted by Gasteiger charge is -2.26. The molecule has 1 aliphatic heterocycles. The molecule has 0 bridgehead atoms. The number of hydrazone groups is 1. The van der Waals surface area contributed by atoms with Gasteiger partial charge in [0.15, 0.2) is 5.11 Å². The van der Waals surface area contributed by atoms with Gasteiger partial charge in [-0.1, -0.05) is 48.5 Å². The van der Waals surface area contributed by atoms with Gasteiger partial charge < -0.3 is 10.6 Å². The van der Waals surface area contributed by atoms with E-state index in [-0.39, 0.29) is 6.04 Å². The van der Waals surface area contributed by atoms with Crippen LogP contribution in [0.5, 0.6) is 0 Å². The molecule has 0 fully saturated rings. The van der Waals surface area contributed by atoms with Crippen LogP contribution in [0.3, 0.4) is 0 Å². The summed E-state index contributed by atoms with van der Waals surface area (Å²) in [5.41, 5.74) is 10.4. The van der Waals surface area contributed by atoms with Crippen molar-refractivity contribution in [2.24, 2.45) is 10.8 Å². The van der Waals surface area contributed by atoms with Crippen molar-refractivity contribution < 1.29 is 0 Å². The van der Waals surface area contributed by atoms with Crippen molar-refractivity contribution >= 4 is 28.7 Å². The molecule has 23 heavy (non-hydrogen) atoms. The Morgan fingerprint density at radius 1 is 1.13 bits per heavy atom. The Bertz CT molecular complexity index is 740. The molecule has 118 valence electrons. The summed E-state index contributed by atoms with van der Waals surface area (Å²) in [5, 5.41) is 6.75. The molecule has 0 aromatic heterocycles. The molecule has 4 nitrogen and oxygen atoms in total. The Morgan fingerprint density at radius 2 is 1.78 bits per heavy atom. The Hall–Kier alpha value is -2.40. The minimum atomic E-state index is 0.0290. The first-order valence-electron chi connectivity index (χ1n) is 7.55. The van der Waals surface area contributed by atoms with Crippen LogP contribution in [-0.2, 0) is 0 Å². The quantitative estimate of drug-likeness (QED) is 0.881. The van der Waals surface area contributed by atoms with Crippen molar-refractivity contribution in [3.63, 3.8) is 0 Å². The molecule has 0 saturated carbocycles. The molecule has 0 aliphatic carbocycles. The van der Waals surface area contributed by atoms with E-state index in [1.165, 1.54) is 5.56 Å². The molecule has 1 atom stereocenters. The number of rotatable bonds is 3. The fourth-order valence-corrected chi connectivity index (χ4v) is 3.11. The number of hydrogen-bond acceptors (Lipinski definition) is 3. The maximum absolute atomic E-state index is 5.93. The highest BCUT2D eigenvalue weighted by atomic mass is 32.1. The molecule has 2 aromatic rings. The predicted octanol–water partition coefficient (Wildman–Crippen LogP) is 3.15. The van der Waals surface area contributed by atoms with Crippen LogP contribution in [0.4, 0.5) is 5.69 Å². The van der Waals surface area contributed by atoms with E-state index in [0.717, 1.165) is 23.4 Å². The topological polar surface area (TPSA) is 44.9 Å². The summed E-state index contributed by atoms with van der Waals surface area (Å²) >= 11 is 5.23. The van der Waals surface area contributed by atoms with Gasteiger partial charge in [0.1, 0.15) is 0 Å². The molecule has 0 spiro atoms. The summed E-state index contributed by atoms with van der Waals surface area (Å²) in [4.78, 5) is 2.10. The summed E-state index contributed by atoms with van der Waals surface area (Å²) in [6.45, 7) is 0. The van der Waals surface area contributed by atoms with Crippen LogP contribution in [0.2, 0.25) is 0 Å². The molecule has 2 N–H and O–H groups in total. The number of para-hydroxylation sites is 1. The molecule has 2 aromatic carbocycles. The summed E-state index contributed by atoms with van der Waals surface area (Å²) in [6, 6.07) is 18.5. The third-order valence-electron chi connectivity index (χ3n) is 4.02. The van der Waals surface area contributed by atoms with Crippen LogP contribution in [0.1, 0.15) is 23.6 Å². The predicted molar refractivity (Wildman–Crippen MR) is 99.7 cm³/mol. The Labute approximate surface area is 142 Å². The second kappa shape index (κ2) is 6.38. The zero-order valence-electron chi connectivity index (χ0n) is 13.3. The normalized spacial score (nSPS) is 17.0. The van der Waals surface area contributed by atoms with E-state index in [0.29, 0.717) is 5.11 Å². The van der Waals surface area contributed by atoms with Crippen LogP contribution in [-0.4, -0.2) is 29.9 Å². The molecule has 0 amide bonds. The standard InChI is InChI=1S/C18H20N4S/c1-21(2)16-11-7-6-10-14(16)17-12-15(20-22(17)18(19)23)13-8-4-3-5-9-13/h3-11,17H,12H2,1-2H3,(H2,19,23). The Balaban J connectivity index is 2.00. The Kier molecular flexibility index (Phi) is 4.30. The summed E-state index contributed by atoms with van der Waals surface area (Å²) in [6.07, 6.45) is 0.784. The van der Waals surface area contributed by atoms with E-state index in [1.807, 2.05) is 44.4 Å². The van der Waals surface area contributed by atoms with E-state index in [9.17, 15) is 0 Å². The smallest absolute Gasteiger partial charge is 0.187 e. The maximum atomic E-state index is 5.93. The zero-order chi connectivity index (χ0) is 16.4. The average molecular weight is 324 g/mol. The molecule has 1 unspecified atom stereocenters. The van der Waals surface area contributed by atoms with Gasteiger partial charge >= 0.3 is 0 Å². The molecular formula is C18H20N4S. The first-order chi connectivity index (χ1) is 11.1. The first kappa shape index (κ1) is 15.5. The number of thiocarbonyl (C=S) groups is 1. The zero-order valence-corrected chi connectivity index (χ0v) is 14.1. The van der Waals surface area contributed by atoms with E-state index in [1.54, 1.807) is 5.01 Å². The van der Waals surface area contributed by atoms with Gasteiger partial charge in [-0.05, 0) is 23.8 Å². The van der Waals surface area contributed by atoms with Crippen molar-refractivity contribution in [2.75, 3.05) is 19.0 Å². The van der Waals surface area contributed by atoms with Gasteiger partial charge in [0, 0.05) is 31.8 Å². The largest absolute Gasteiger partial charge is 0.377 e. The van der Waals surface area contributed by atoms with E-state index in [4.69, 9.17) is 18.0 Å². The van der Waals surface area contributed by atoms with Crippen LogP contribution < -0.4 is 10.6 Å². The lowest BCUT2D eigenvalue weighted by molar-refractivity contribution is 0.373. The number of nitrogens with zero attached hydrogens (tertiary/aromatic N) is 3. The maximum Gasteiger partial charge on any atom is 0.187 e. The van der Waals surface area contributed by atoms with Gasteiger partial charge in [0.25, 0.3) is 0 Å². The highest BCUT2D eigenvalue weighted by Crippen LogP contribution is 2.36. The van der Waals surface area contributed by atoms with Crippen molar-refractivity contribution in [3.05, 3.63) is 65.7 Å². The third kappa shape index (κ3) is 3.05. The van der Waals surface area contributed by atoms with Gasteiger partial charge in [-0.25, -0.2) is 5.01 Å². The lowest BCUT2D eigenvalue weighted by atomic mass is 9.97. The second-order valence-corrected chi connectivity index (χ2v) is 6.19. The van der Waals surface area contributed by atoms with Crippen LogP contribution in [0, 0.1) is 0 Å². The summed E-state index contributed by atoms with van der Waals surface area (Å²) in [7, 11) is 4.08. The van der Waals surface area contributed by atoms with Crippen LogP contribution >= 0.6 is 12.2 Å². The summed E-state index contributed by atoms with van der Waals surface area (Å²) in [5.74, 6) is 0. The minimum absolute atomic E-state index is 0.0290. The number of benzene rings is 2. The van der Waals surface area contributed by atoms with Crippen molar-refractivity contribution in [3.8, 4) is 0 Å². The lowest BCUT2D eigenvalue weighted by Crippen LogP contribution is -2.32. The average Bonchev–Trinajstić information content (AvgIpc) is 3.01. The third-order valence-corrected chi connectivity index (χ3v) is 4.21. The van der Waals surface area contributed by atoms with Gasteiger partial charge in [-0.15, -0.1) is 0 Å². The molecule has 1 aliphatic rings. The number of hydrogen-bond donors (Lipinski definition) is 1. The number of nitrogens with two attached hydrogens (primary N) is 1. The first-order valence-corrected chi connectivity index (χ1v) is 7.96. The monoisotopic (exact) mass is 324 g/mol. The minimum Gasteiger partial charge on any atom is -0.377 e. The fraction of sp³-hybridized carbons (Fsp3) is 0.222. The fourth-order valence-electron chi connectivity index (χ4n) is 2.94. The van der Waals surface area contributed by atoms with Crippen molar-refractivity contribution in [2.45, 2.75) is 12.5 Å². The van der Waals surface area contributed by atoms with E-state index >= 15 is 0 Å². The summed E-state index contributed by atoms with van der Waals surface area (Å²) < 4.78 is 0. The molecule has 0 saturated heterocycles. The van der Waals surface area contributed by atoms with Crippen LogP contribution in [0.25, 0.3) is 0 Å². The van der Waals surface area contributed by atoms with E-state index in [2.05, 4.69) is 34.3 Å². The second-order valence-electron chi connectivity index (χ2n) is 5.77. The van der Waals surface area contributed by atoms with Gasteiger partial charge in [0.05, 0.1) is 11.8 Å². The SMILES string of the molecule is CN(C)c1ccccc1C1CC(c2ccccc2)=NN1C(N)=S. The molecule has 0 radical (unpaired) electrons. The molecule has 5 heteroatoms. The molecule has 1 heterocycles. The van der Waals surface area contributed by atoms with Crippen molar-refractivity contribution in [1.82, 2.24) is 5.01 Å². The highest BCUT2D eigenvalue weighted by Gasteiger charge is 2.32. The molecule has 3 rings (SSSR count). The van der Waals surface area contributed by atoms with Gasteiger partial charge in [-0.3, -0.25) is 0 Å². The van der Waals surface area contributed by atoms with Gasteiger partial charge in [0.2, 0.25) is 0 Å².